The Labute approximate surface area is 156 Å². The molecule has 0 saturated carbocycles. The largest absolute Gasteiger partial charge is 0.161 e. The molecule has 0 bridgehead atoms. The number of hydrogen-bond donors (Lipinski definition) is 0. The lowest BCUT2D eigenvalue weighted by Crippen LogP contribution is -1.96. The second-order valence-electron chi connectivity index (χ2n) is 4.51. The van der Waals surface area contributed by atoms with E-state index in [-0.39, 0.29) is 0 Å². The highest BCUT2D eigenvalue weighted by Gasteiger charge is 2.06. The van der Waals surface area contributed by atoms with Gasteiger partial charge in [-0.3, -0.25) is 0 Å². The molecule has 21 heavy (non-hydrogen) atoms. The van der Waals surface area contributed by atoms with Gasteiger partial charge in [-0.05, 0) is 59.7 Å². The maximum Gasteiger partial charge on any atom is 0.0449 e. The summed E-state index contributed by atoms with van der Waals surface area (Å²) >= 11 is 21.5. The standard InChI is InChI=1S/C16H14Br2Cl2S/c17-13-3-1-5-15(19)11(13)7-9-21-10-8-12-14(18)4-2-6-16(12)20/h1-6H,7-10H2. The molecule has 0 N–H and O–H groups in total. The minimum absolute atomic E-state index is 0.832. The van der Waals surface area contributed by atoms with E-state index < -0.39 is 0 Å². The molecule has 0 amide bonds. The van der Waals surface area contributed by atoms with Crippen molar-refractivity contribution in [1.82, 2.24) is 0 Å². The normalized spacial score (nSPS) is 10.9. The Bertz CT molecular complexity index is 523. The number of hydrogen-bond acceptors (Lipinski definition) is 1. The highest BCUT2D eigenvalue weighted by atomic mass is 79.9. The molecule has 0 heterocycles. The van der Waals surface area contributed by atoms with Gasteiger partial charge in [0.1, 0.15) is 0 Å². The van der Waals surface area contributed by atoms with Crippen LogP contribution in [0.2, 0.25) is 10.0 Å². The first-order valence-corrected chi connectivity index (χ1v) is 10.0. The van der Waals surface area contributed by atoms with Crippen LogP contribution in [-0.4, -0.2) is 11.5 Å². The van der Waals surface area contributed by atoms with Gasteiger partial charge in [0, 0.05) is 19.0 Å². The van der Waals surface area contributed by atoms with E-state index in [1.165, 1.54) is 11.1 Å². The summed E-state index contributed by atoms with van der Waals surface area (Å²) in [4.78, 5) is 0. The van der Waals surface area contributed by atoms with E-state index >= 15 is 0 Å². The van der Waals surface area contributed by atoms with Crippen LogP contribution in [0.15, 0.2) is 45.3 Å². The number of halogens is 4. The SMILES string of the molecule is Clc1cccc(Br)c1CCSCCc1c(Cl)cccc1Br. The zero-order valence-electron chi connectivity index (χ0n) is 11.2. The van der Waals surface area contributed by atoms with E-state index in [1.807, 2.05) is 48.2 Å². The summed E-state index contributed by atoms with van der Waals surface area (Å²) in [5.41, 5.74) is 2.37. The van der Waals surface area contributed by atoms with Crippen molar-refractivity contribution in [3.05, 3.63) is 66.5 Å². The van der Waals surface area contributed by atoms with Crippen molar-refractivity contribution >= 4 is 66.8 Å². The molecule has 0 nitrogen and oxygen atoms in total. The minimum atomic E-state index is 0.832. The average molecular weight is 469 g/mol. The average Bonchev–Trinajstić information content (AvgIpc) is 2.44. The molecule has 0 aliphatic rings. The van der Waals surface area contributed by atoms with Crippen LogP contribution in [0.1, 0.15) is 11.1 Å². The molecule has 0 radical (unpaired) electrons. The first kappa shape index (κ1) is 17.7. The van der Waals surface area contributed by atoms with Crippen molar-refractivity contribution in [2.45, 2.75) is 12.8 Å². The van der Waals surface area contributed by atoms with Gasteiger partial charge < -0.3 is 0 Å². The van der Waals surface area contributed by atoms with Crippen LogP contribution in [0.5, 0.6) is 0 Å². The summed E-state index contributed by atoms with van der Waals surface area (Å²) in [6.07, 6.45) is 1.93. The molecule has 112 valence electrons. The molecule has 0 saturated heterocycles. The fourth-order valence-electron chi connectivity index (χ4n) is 1.99. The van der Waals surface area contributed by atoms with Gasteiger partial charge in [0.05, 0.1) is 0 Å². The lowest BCUT2D eigenvalue weighted by Gasteiger charge is -2.08. The molecule has 0 aliphatic heterocycles. The number of thioether (sulfide) groups is 1. The van der Waals surface area contributed by atoms with Crippen molar-refractivity contribution in [1.29, 1.82) is 0 Å². The van der Waals surface area contributed by atoms with Crippen LogP contribution in [0.4, 0.5) is 0 Å². The van der Waals surface area contributed by atoms with Crippen molar-refractivity contribution < 1.29 is 0 Å². The van der Waals surface area contributed by atoms with Crippen molar-refractivity contribution in [3.63, 3.8) is 0 Å². The van der Waals surface area contributed by atoms with Gasteiger partial charge in [0.25, 0.3) is 0 Å². The highest BCUT2D eigenvalue weighted by Crippen LogP contribution is 2.28. The Morgan fingerprint density at radius 3 is 1.57 bits per heavy atom. The van der Waals surface area contributed by atoms with E-state index in [2.05, 4.69) is 31.9 Å². The first-order valence-electron chi connectivity index (χ1n) is 6.53. The molecule has 0 aliphatic carbocycles. The Balaban J connectivity index is 1.81. The second kappa shape index (κ2) is 8.83. The van der Waals surface area contributed by atoms with Gasteiger partial charge in [-0.25, -0.2) is 0 Å². The van der Waals surface area contributed by atoms with Crippen molar-refractivity contribution in [2.75, 3.05) is 11.5 Å². The molecule has 2 aromatic rings. The molecule has 0 aromatic heterocycles. The zero-order valence-corrected chi connectivity index (χ0v) is 16.7. The second-order valence-corrected chi connectivity index (χ2v) is 8.26. The fourth-order valence-corrected chi connectivity index (χ4v) is 4.79. The summed E-state index contributed by atoms with van der Waals surface area (Å²) in [5, 5.41) is 1.66. The lowest BCUT2D eigenvalue weighted by molar-refractivity contribution is 1.11. The quantitative estimate of drug-likeness (QED) is 0.410. The van der Waals surface area contributed by atoms with Gasteiger partial charge in [0.15, 0.2) is 0 Å². The van der Waals surface area contributed by atoms with E-state index in [9.17, 15) is 0 Å². The molecule has 0 unspecified atom stereocenters. The predicted molar refractivity (Wildman–Crippen MR) is 103 cm³/mol. The van der Waals surface area contributed by atoms with Crippen LogP contribution in [0.25, 0.3) is 0 Å². The van der Waals surface area contributed by atoms with Crippen molar-refractivity contribution in [3.8, 4) is 0 Å². The maximum atomic E-state index is 6.22. The smallest absolute Gasteiger partial charge is 0.0449 e. The van der Waals surface area contributed by atoms with Gasteiger partial charge in [-0.2, -0.15) is 11.8 Å². The summed E-state index contributed by atoms with van der Waals surface area (Å²) in [5.74, 6) is 2.09. The molecular formula is C16H14Br2Cl2S. The van der Waals surface area contributed by atoms with Crippen LogP contribution < -0.4 is 0 Å². The summed E-state index contributed by atoms with van der Waals surface area (Å²) in [6, 6.07) is 11.9. The Kier molecular flexibility index (Phi) is 7.43. The van der Waals surface area contributed by atoms with E-state index in [0.717, 1.165) is 43.3 Å². The topological polar surface area (TPSA) is 0 Å². The number of rotatable bonds is 6. The fraction of sp³-hybridized carbons (Fsp3) is 0.250. The summed E-state index contributed by atoms with van der Waals surface area (Å²) in [6.45, 7) is 0. The molecule has 0 atom stereocenters. The lowest BCUT2D eigenvalue weighted by atomic mass is 10.2. The van der Waals surface area contributed by atoms with Crippen LogP contribution in [0.3, 0.4) is 0 Å². The Morgan fingerprint density at radius 1 is 0.762 bits per heavy atom. The molecular weight excluding hydrogens is 455 g/mol. The van der Waals surface area contributed by atoms with E-state index in [4.69, 9.17) is 23.2 Å². The van der Waals surface area contributed by atoms with Crippen LogP contribution >= 0.6 is 66.8 Å². The summed E-state index contributed by atoms with van der Waals surface area (Å²) < 4.78 is 2.17. The van der Waals surface area contributed by atoms with Gasteiger partial charge >= 0.3 is 0 Å². The minimum Gasteiger partial charge on any atom is -0.161 e. The number of benzene rings is 2. The highest BCUT2D eigenvalue weighted by molar-refractivity contribution is 9.10. The van der Waals surface area contributed by atoms with E-state index in [0.29, 0.717) is 0 Å². The third-order valence-corrected chi connectivity index (χ3v) is 6.30. The summed E-state index contributed by atoms with van der Waals surface area (Å²) in [7, 11) is 0. The Hall–Kier alpha value is 0.330. The first-order chi connectivity index (χ1) is 10.1. The van der Waals surface area contributed by atoms with Crippen LogP contribution in [0, 0.1) is 0 Å². The predicted octanol–water partition coefficient (Wildman–Crippen LogP) is 7.04. The zero-order chi connectivity index (χ0) is 15.2. The van der Waals surface area contributed by atoms with Crippen LogP contribution in [-0.2, 0) is 12.8 Å². The maximum absolute atomic E-state index is 6.22. The molecule has 0 spiro atoms. The molecule has 2 rings (SSSR count). The monoisotopic (exact) mass is 466 g/mol. The van der Waals surface area contributed by atoms with Crippen molar-refractivity contribution in [2.24, 2.45) is 0 Å². The molecule has 5 heteroatoms. The molecule has 0 fully saturated rings. The third kappa shape index (κ3) is 5.18. The Morgan fingerprint density at radius 2 is 1.19 bits per heavy atom. The van der Waals surface area contributed by atoms with E-state index in [1.54, 1.807) is 0 Å². The molecule has 2 aromatic carbocycles. The third-order valence-electron chi connectivity index (χ3n) is 3.12. The van der Waals surface area contributed by atoms with Gasteiger partial charge in [0.2, 0.25) is 0 Å². The van der Waals surface area contributed by atoms with Gasteiger partial charge in [-0.15, -0.1) is 0 Å². The van der Waals surface area contributed by atoms with Gasteiger partial charge in [-0.1, -0.05) is 67.2 Å².